The summed E-state index contributed by atoms with van der Waals surface area (Å²) in [5, 5.41) is 39.4. The van der Waals surface area contributed by atoms with Crippen molar-refractivity contribution in [3.05, 3.63) is 95.0 Å². The highest BCUT2D eigenvalue weighted by molar-refractivity contribution is 7.13. The Hall–Kier alpha value is -5.22. The number of aliphatic hydroxyl groups is 1. The molecule has 15 heteroatoms. The molecule has 55 heavy (non-hydrogen) atoms. The number of benzene rings is 2. The van der Waals surface area contributed by atoms with Gasteiger partial charge in [0, 0.05) is 31.1 Å². The first kappa shape index (κ1) is 39.5. The van der Waals surface area contributed by atoms with Gasteiger partial charge in [-0.25, -0.2) is 4.98 Å². The molecule has 1 fully saturated rings. The minimum atomic E-state index is -0.878. The zero-order valence-electron chi connectivity index (χ0n) is 31.3. The highest BCUT2D eigenvalue weighted by Crippen LogP contribution is 2.32. The van der Waals surface area contributed by atoms with Gasteiger partial charge in [0.2, 0.25) is 11.8 Å². The molecule has 4 N–H and O–H groups in total. The van der Waals surface area contributed by atoms with Crippen LogP contribution >= 0.6 is 11.3 Å². The van der Waals surface area contributed by atoms with E-state index in [1.165, 1.54) is 4.90 Å². The Balaban J connectivity index is 1.05. The van der Waals surface area contributed by atoms with E-state index in [0.717, 1.165) is 21.7 Å². The molecular weight excluding hydrogens is 723 g/mol. The van der Waals surface area contributed by atoms with Gasteiger partial charge in [-0.1, -0.05) is 55.4 Å². The van der Waals surface area contributed by atoms with Crippen LogP contribution in [0, 0.1) is 19.8 Å². The van der Waals surface area contributed by atoms with Crippen molar-refractivity contribution in [1.82, 2.24) is 30.6 Å². The Bertz CT molecular complexity index is 2020. The predicted molar refractivity (Wildman–Crippen MR) is 207 cm³/mol. The van der Waals surface area contributed by atoms with E-state index in [0.29, 0.717) is 48.3 Å². The van der Waals surface area contributed by atoms with Crippen LogP contribution in [-0.2, 0) is 19.1 Å². The number of nitrogens with one attached hydrogen (secondary N) is 2. The fraction of sp³-hybridized carbons (Fsp3) is 0.400. The lowest BCUT2D eigenvalue weighted by Gasteiger charge is -2.30. The maximum atomic E-state index is 14.0. The lowest BCUT2D eigenvalue weighted by Crippen LogP contribution is -2.49. The van der Waals surface area contributed by atoms with Gasteiger partial charge in [0.15, 0.2) is 0 Å². The summed E-state index contributed by atoms with van der Waals surface area (Å²) < 4.78 is 17.3. The van der Waals surface area contributed by atoms with Gasteiger partial charge in [-0.2, -0.15) is 0 Å². The van der Waals surface area contributed by atoms with Gasteiger partial charge < -0.3 is 39.7 Å². The average Bonchev–Trinajstić information content (AvgIpc) is 3.92. The summed E-state index contributed by atoms with van der Waals surface area (Å²) in [5.41, 5.74) is 6.45. The van der Waals surface area contributed by atoms with Gasteiger partial charge in [0.05, 0.1) is 66.0 Å². The van der Waals surface area contributed by atoms with Crippen LogP contribution in [0.5, 0.6) is 5.75 Å². The second-order valence-corrected chi connectivity index (χ2v) is 14.7. The van der Waals surface area contributed by atoms with Crippen LogP contribution in [-0.4, -0.2) is 98.9 Å². The first-order chi connectivity index (χ1) is 26.6. The molecule has 0 unspecified atom stereocenters. The van der Waals surface area contributed by atoms with Gasteiger partial charge in [-0.05, 0) is 55.2 Å². The van der Waals surface area contributed by atoms with Gasteiger partial charge in [-0.15, -0.1) is 21.5 Å². The third-order valence-corrected chi connectivity index (χ3v) is 10.4. The molecule has 0 radical (unpaired) electrons. The van der Waals surface area contributed by atoms with E-state index >= 15 is 0 Å². The van der Waals surface area contributed by atoms with Crippen molar-refractivity contribution in [2.45, 2.75) is 58.2 Å². The van der Waals surface area contributed by atoms with Crippen molar-refractivity contribution in [2.75, 3.05) is 44.8 Å². The summed E-state index contributed by atoms with van der Waals surface area (Å²) in [6.07, 6.45) is -0.731. The number of amides is 2. The summed E-state index contributed by atoms with van der Waals surface area (Å²) in [4.78, 5) is 34.8. The number of hydrogen-bond acceptors (Lipinski definition) is 13. The third kappa shape index (κ3) is 9.91. The number of β-amino-alcohol motifs (C(OH)–C–C–N with tert-alkyl or cyclic N) is 1. The maximum Gasteiger partial charge on any atom is 0.243 e. The van der Waals surface area contributed by atoms with Crippen molar-refractivity contribution < 1.29 is 33.8 Å². The number of aryl methyl sites for hydroxylation is 2. The van der Waals surface area contributed by atoms with E-state index in [1.807, 2.05) is 56.6 Å². The smallest absolute Gasteiger partial charge is 0.243 e. The molecule has 4 heterocycles. The highest BCUT2D eigenvalue weighted by Gasteiger charge is 2.43. The number of nitrogens with zero attached hydrogens (tertiary/aromatic N) is 5. The molecule has 1 aliphatic heterocycles. The molecule has 0 spiro atoms. The van der Waals surface area contributed by atoms with Gasteiger partial charge in [0.1, 0.15) is 29.3 Å². The Labute approximate surface area is 323 Å². The number of carbonyl (C=O) groups is 2. The number of para-hydroxylation sites is 1. The third-order valence-electron chi connectivity index (χ3n) is 9.44. The zero-order chi connectivity index (χ0) is 38.9. The largest absolute Gasteiger partial charge is 0.507 e. The number of rotatable bonds is 17. The second-order valence-electron chi connectivity index (χ2n) is 13.9. The Morgan fingerprint density at radius 2 is 1.80 bits per heavy atom. The van der Waals surface area contributed by atoms with Crippen LogP contribution in [0.4, 0.5) is 5.82 Å². The molecule has 2 aromatic carbocycles. The van der Waals surface area contributed by atoms with Gasteiger partial charge in [0.25, 0.3) is 0 Å². The minimum absolute atomic E-state index is 0.0413. The SMILES string of the molecule is Cc1cc([C@@H](C(=O)N2C[C@H](O)C[C@H]2C(=O)N[C@H](COCCOCCNc2ccc(-c3ccccc3O)nn2)c2ccc(-c3scnc3C)cc2)C(C)C)on1. The number of phenols is 1. The molecule has 0 aliphatic carbocycles. The molecule has 0 saturated carbocycles. The predicted octanol–water partition coefficient (Wildman–Crippen LogP) is 5.28. The molecule has 5 aromatic rings. The van der Waals surface area contributed by atoms with Crippen molar-refractivity contribution in [1.29, 1.82) is 0 Å². The fourth-order valence-corrected chi connectivity index (χ4v) is 7.43. The minimum Gasteiger partial charge on any atom is -0.507 e. The molecule has 6 rings (SSSR count). The monoisotopic (exact) mass is 769 g/mol. The summed E-state index contributed by atoms with van der Waals surface area (Å²) >= 11 is 1.56. The van der Waals surface area contributed by atoms with Crippen LogP contribution in [0.2, 0.25) is 0 Å². The number of ether oxygens (including phenoxy) is 2. The zero-order valence-corrected chi connectivity index (χ0v) is 32.2. The van der Waals surface area contributed by atoms with E-state index in [1.54, 1.807) is 54.7 Å². The second kappa shape index (κ2) is 18.4. The average molecular weight is 770 g/mol. The molecule has 1 aliphatic rings. The summed E-state index contributed by atoms with van der Waals surface area (Å²) in [5.74, 6) is -0.286. The van der Waals surface area contributed by atoms with Crippen molar-refractivity contribution in [2.24, 2.45) is 5.92 Å². The number of aliphatic hydroxyl groups excluding tert-OH is 1. The number of thiazole rings is 1. The van der Waals surface area contributed by atoms with Gasteiger partial charge in [-0.3, -0.25) is 9.59 Å². The number of phenolic OH excluding ortho intramolecular Hbond substituents is 1. The van der Waals surface area contributed by atoms with Crippen LogP contribution in [0.3, 0.4) is 0 Å². The van der Waals surface area contributed by atoms with Crippen molar-refractivity contribution in [3.63, 3.8) is 0 Å². The molecule has 0 bridgehead atoms. The van der Waals surface area contributed by atoms with Crippen LogP contribution in [0.15, 0.2) is 76.8 Å². The Morgan fingerprint density at radius 1 is 1.02 bits per heavy atom. The van der Waals surface area contributed by atoms with E-state index in [-0.39, 0.29) is 49.7 Å². The summed E-state index contributed by atoms with van der Waals surface area (Å²) in [6.45, 7) is 9.26. The molecule has 3 aromatic heterocycles. The molecule has 1 saturated heterocycles. The number of likely N-dealkylation sites (tertiary alicyclic amines) is 1. The van der Waals surface area contributed by atoms with E-state index in [9.17, 15) is 19.8 Å². The molecular formula is C40H47N7O7S. The highest BCUT2D eigenvalue weighted by atomic mass is 32.1. The normalized spacial score (nSPS) is 16.7. The number of anilines is 1. The molecule has 14 nitrogen and oxygen atoms in total. The van der Waals surface area contributed by atoms with E-state index in [4.69, 9.17) is 14.0 Å². The van der Waals surface area contributed by atoms with Gasteiger partial charge >= 0.3 is 0 Å². The lowest BCUT2D eigenvalue weighted by molar-refractivity contribution is -0.141. The summed E-state index contributed by atoms with van der Waals surface area (Å²) in [7, 11) is 0. The summed E-state index contributed by atoms with van der Waals surface area (Å²) in [6, 6.07) is 18.8. The lowest BCUT2D eigenvalue weighted by atomic mass is 9.91. The van der Waals surface area contributed by atoms with Crippen LogP contribution in [0.1, 0.15) is 54.9 Å². The quantitative estimate of drug-likeness (QED) is 0.0899. The van der Waals surface area contributed by atoms with E-state index < -0.39 is 24.1 Å². The first-order valence-electron chi connectivity index (χ1n) is 18.3. The number of aromatic hydroxyl groups is 1. The topological polar surface area (TPSA) is 185 Å². The molecule has 290 valence electrons. The van der Waals surface area contributed by atoms with Crippen LogP contribution in [0.25, 0.3) is 21.7 Å². The molecule has 4 atom stereocenters. The van der Waals surface area contributed by atoms with Crippen molar-refractivity contribution in [3.8, 4) is 27.4 Å². The van der Waals surface area contributed by atoms with E-state index in [2.05, 4.69) is 31.0 Å². The maximum absolute atomic E-state index is 14.0. The Kier molecular flexibility index (Phi) is 13.2. The fourth-order valence-electron chi connectivity index (χ4n) is 6.62. The molecule has 2 amide bonds. The number of aromatic nitrogens is 4. The standard InChI is InChI=1S/C40H47N7O7S/c1-24(2)37(35-19-25(3)46-54-35)40(51)47-21-29(48)20-33(47)39(50)43-32(27-9-11-28(12-10-27)38-26(4)42-23-55-38)22-53-18-17-52-16-15-41-36-14-13-31(44-45-36)30-7-5-6-8-34(30)49/h5-14,19,23-24,29,32-33,37,48-49H,15-18,20-22H2,1-4H3,(H,41,45)(H,43,50)/t29-,32-,33+,37+/m1/s1. The number of carbonyl (C=O) groups excluding carboxylic acids is 2. The Morgan fingerprint density at radius 3 is 2.47 bits per heavy atom. The van der Waals surface area contributed by atoms with Crippen LogP contribution < -0.4 is 10.6 Å². The van der Waals surface area contributed by atoms with Crippen molar-refractivity contribution >= 4 is 29.0 Å². The number of hydrogen-bond donors (Lipinski definition) is 4. The first-order valence-corrected chi connectivity index (χ1v) is 19.2.